The number of hydrogen-bond donors (Lipinski definition) is 1. The Bertz CT molecular complexity index is 1290. The maximum Gasteiger partial charge on any atom is 0.337 e. The number of H-pyrrole nitrogens is 1. The lowest BCUT2D eigenvalue weighted by molar-refractivity contribution is -0.169. The molecule has 0 atom stereocenters. The Hall–Kier alpha value is -3.00. The molecule has 5 saturated carbocycles. The molecule has 2 heterocycles. The molecular weight excluding hydrogens is 480 g/mol. The van der Waals surface area contributed by atoms with Crippen LogP contribution in [0.3, 0.4) is 0 Å². The second kappa shape index (κ2) is 9.63. The van der Waals surface area contributed by atoms with Crippen molar-refractivity contribution < 1.29 is 18.7 Å². The Morgan fingerprint density at radius 2 is 1.74 bits per heavy atom. The number of ether oxygens (including phenoxy) is 2. The summed E-state index contributed by atoms with van der Waals surface area (Å²) in [6.07, 6.45) is 13.8. The fourth-order valence-corrected chi connectivity index (χ4v) is 8.05. The van der Waals surface area contributed by atoms with Crippen molar-refractivity contribution in [2.45, 2.75) is 88.8 Å². The quantitative estimate of drug-likeness (QED) is 0.360. The van der Waals surface area contributed by atoms with Crippen LogP contribution in [0, 0.1) is 17.8 Å². The van der Waals surface area contributed by atoms with Gasteiger partial charge in [0.2, 0.25) is 5.89 Å². The zero-order valence-electron chi connectivity index (χ0n) is 22.1. The molecule has 5 fully saturated rings. The van der Waals surface area contributed by atoms with Gasteiger partial charge < -0.3 is 18.9 Å². The first-order valence-electron chi connectivity index (χ1n) is 14.3. The van der Waals surface area contributed by atoms with Gasteiger partial charge in [0.1, 0.15) is 5.82 Å². The van der Waals surface area contributed by atoms with Gasteiger partial charge in [-0.2, -0.15) is 0 Å². The fraction of sp³-hybridized carbons (Fsp3) is 0.600. The van der Waals surface area contributed by atoms with Gasteiger partial charge >= 0.3 is 5.97 Å². The van der Waals surface area contributed by atoms with Gasteiger partial charge in [0.15, 0.2) is 5.69 Å². The van der Waals surface area contributed by atoms with Crippen LogP contribution < -0.4 is 0 Å². The number of aromatic amines is 1. The molecule has 5 aliphatic rings. The Labute approximate surface area is 222 Å². The first-order chi connectivity index (χ1) is 18.6. The van der Waals surface area contributed by atoms with Crippen LogP contribution in [0.2, 0.25) is 0 Å². The van der Waals surface area contributed by atoms with Gasteiger partial charge in [0.05, 0.1) is 30.6 Å². The van der Waals surface area contributed by atoms with Crippen molar-refractivity contribution >= 4 is 5.97 Å². The minimum absolute atomic E-state index is 0.0104. The maximum absolute atomic E-state index is 12.0. The molecule has 0 radical (unpaired) electrons. The van der Waals surface area contributed by atoms with Crippen molar-refractivity contribution in [3.63, 3.8) is 0 Å². The molecule has 200 valence electrons. The van der Waals surface area contributed by atoms with Gasteiger partial charge in [-0.1, -0.05) is 25.3 Å². The number of imidazole rings is 1. The minimum atomic E-state index is -0.403. The number of nitrogens with one attached hydrogen (secondary N) is 1. The van der Waals surface area contributed by atoms with Gasteiger partial charge in [-0.15, -0.1) is 10.2 Å². The van der Waals surface area contributed by atoms with Crippen molar-refractivity contribution in [2.24, 2.45) is 17.8 Å². The highest BCUT2D eigenvalue weighted by atomic mass is 16.5. The summed E-state index contributed by atoms with van der Waals surface area (Å²) in [6, 6.07) is 7.04. The van der Waals surface area contributed by atoms with E-state index in [-0.39, 0.29) is 5.60 Å². The van der Waals surface area contributed by atoms with E-state index in [1.807, 2.05) is 6.07 Å². The molecule has 8 rings (SSSR count). The first kappa shape index (κ1) is 24.1. The molecule has 1 aromatic carbocycles. The Morgan fingerprint density at radius 1 is 1.03 bits per heavy atom. The monoisotopic (exact) mass is 516 g/mol. The summed E-state index contributed by atoms with van der Waals surface area (Å²) in [5.41, 5.74) is 2.74. The molecule has 2 aromatic heterocycles. The summed E-state index contributed by atoms with van der Waals surface area (Å²) in [7, 11) is 1.37. The minimum Gasteiger partial charge on any atom is -0.465 e. The van der Waals surface area contributed by atoms with Gasteiger partial charge in [-0.3, -0.25) is 0 Å². The molecule has 0 spiro atoms. The predicted molar refractivity (Wildman–Crippen MR) is 140 cm³/mol. The van der Waals surface area contributed by atoms with Crippen LogP contribution in [0.4, 0.5) is 0 Å². The highest BCUT2D eigenvalue weighted by Gasteiger charge is 2.51. The summed E-state index contributed by atoms with van der Waals surface area (Å²) >= 11 is 0. The maximum atomic E-state index is 12.0. The lowest BCUT2D eigenvalue weighted by atomic mass is 9.54. The standard InChI is InChI=1S/C30H36N4O4/c1-36-29(35)23-9-5-8-22(13-23)27-33-34-28(38-27)25-24(31-26(32-25)21-6-3-2-4-7-21)17-37-30-14-18-10-19(15-30)12-20(11-18)16-30/h5,8-9,13,18-21H,2-4,6-7,10-12,14-17H2,1H3,(H,31,32). The van der Waals surface area contributed by atoms with E-state index in [4.69, 9.17) is 18.9 Å². The van der Waals surface area contributed by atoms with Crippen LogP contribution >= 0.6 is 0 Å². The van der Waals surface area contributed by atoms with E-state index in [9.17, 15) is 4.79 Å². The third-order valence-electron chi connectivity index (χ3n) is 9.45. The Kier molecular flexibility index (Phi) is 6.10. The number of nitrogens with zero attached hydrogens (tertiary/aromatic N) is 3. The predicted octanol–water partition coefficient (Wildman–Crippen LogP) is 6.45. The van der Waals surface area contributed by atoms with E-state index < -0.39 is 5.97 Å². The molecule has 0 aliphatic heterocycles. The van der Waals surface area contributed by atoms with Crippen molar-refractivity contribution in [1.29, 1.82) is 0 Å². The van der Waals surface area contributed by atoms with E-state index in [0.717, 1.165) is 42.1 Å². The van der Waals surface area contributed by atoms with Crippen LogP contribution in [0.1, 0.15) is 98.4 Å². The van der Waals surface area contributed by atoms with Crippen molar-refractivity contribution in [3.05, 3.63) is 41.3 Å². The van der Waals surface area contributed by atoms with Crippen LogP contribution in [-0.2, 0) is 16.1 Å². The second-order valence-corrected chi connectivity index (χ2v) is 12.2. The summed E-state index contributed by atoms with van der Waals surface area (Å²) in [5.74, 6) is 4.26. The molecule has 0 amide bonds. The average molecular weight is 517 g/mol. The van der Waals surface area contributed by atoms with E-state index in [1.54, 1.807) is 18.2 Å². The van der Waals surface area contributed by atoms with Gasteiger partial charge in [0, 0.05) is 11.5 Å². The molecule has 3 aromatic rings. The van der Waals surface area contributed by atoms with E-state index >= 15 is 0 Å². The van der Waals surface area contributed by atoms with Crippen molar-refractivity contribution in [2.75, 3.05) is 7.11 Å². The third-order valence-corrected chi connectivity index (χ3v) is 9.45. The second-order valence-electron chi connectivity index (χ2n) is 12.2. The number of benzene rings is 1. The number of esters is 1. The van der Waals surface area contributed by atoms with Crippen molar-refractivity contribution in [1.82, 2.24) is 20.2 Å². The molecule has 8 heteroatoms. The zero-order chi connectivity index (χ0) is 25.7. The molecule has 1 N–H and O–H groups in total. The molecule has 5 aliphatic carbocycles. The first-order valence-corrected chi connectivity index (χ1v) is 14.3. The number of hydrogen-bond acceptors (Lipinski definition) is 7. The Balaban J connectivity index is 1.18. The number of aromatic nitrogens is 4. The molecular formula is C30H36N4O4. The zero-order valence-corrected chi connectivity index (χ0v) is 22.1. The summed E-state index contributed by atoms with van der Waals surface area (Å²) in [6.45, 7) is 0.483. The highest BCUT2D eigenvalue weighted by Crippen LogP contribution is 2.57. The lowest BCUT2D eigenvalue weighted by Gasteiger charge is -2.56. The number of rotatable bonds is 7. The summed E-state index contributed by atoms with van der Waals surface area (Å²) in [5, 5.41) is 8.68. The number of carbonyl (C=O) groups is 1. The third kappa shape index (κ3) is 4.46. The SMILES string of the molecule is COC(=O)c1cccc(-c2nnc(-c3nc(C4CCCCC4)[nH]c3COC34CC5CC(CC(C5)C3)C4)o2)c1. The number of carbonyl (C=O) groups excluding carboxylic acids is 1. The Morgan fingerprint density at radius 3 is 2.45 bits per heavy atom. The highest BCUT2D eigenvalue weighted by molar-refractivity contribution is 5.90. The fourth-order valence-electron chi connectivity index (χ4n) is 8.05. The lowest BCUT2D eigenvalue weighted by Crippen LogP contribution is -2.51. The molecule has 0 unspecified atom stereocenters. The molecule has 8 nitrogen and oxygen atoms in total. The molecule has 38 heavy (non-hydrogen) atoms. The smallest absolute Gasteiger partial charge is 0.337 e. The topological polar surface area (TPSA) is 103 Å². The summed E-state index contributed by atoms with van der Waals surface area (Å²) in [4.78, 5) is 20.7. The van der Waals surface area contributed by atoms with Gasteiger partial charge in [0.25, 0.3) is 5.89 Å². The van der Waals surface area contributed by atoms with Gasteiger partial charge in [-0.25, -0.2) is 9.78 Å². The molecule has 0 saturated heterocycles. The van der Waals surface area contributed by atoms with Crippen LogP contribution in [0.15, 0.2) is 28.7 Å². The van der Waals surface area contributed by atoms with Crippen molar-refractivity contribution in [3.8, 4) is 23.0 Å². The van der Waals surface area contributed by atoms with E-state index in [2.05, 4.69) is 15.2 Å². The summed E-state index contributed by atoms with van der Waals surface area (Å²) < 4.78 is 17.8. The normalized spacial score (nSPS) is 28.6. The van der Waals surface area contributed by atoms with Crippen LogP contribution in [-0.4, -0.2) is 38.8 Å². The van der Waals surface area contributed by atoms with E-state index in [0.29, 0.717) is 41.1 Å². The van der Waals surface area contributed by atoms with Crippen LogP contribution in [0.25, 0.3) is 23.0 Å². The number of methoxy groups -OCH3 is 1. The average Bonchev–Trinajstić information content (AvgIpc) is 3.59. The van der Waals surface area contributed by atoms with Crippen LogP contribution in [0.5, 0.6) is 0 Å². The van der Waals surface area contributed by atoms with Gasteiger partial charge in [-0.05, 0) is 87.3 Å². The largest absolute Gasteiger partial charge is 0.465 e. The van der Waals surface area contributed by atoms with E-state index in [1.165, 1.54) is 64.9 Å². The molecule has 4 bridgehead atoms.